The molecule has 3 bridgehead atoms. The number of hydrogen-bond acceptors (Lipinski definition) is 11. The molecule has 11 nitrogen and oxygen atoms in total. The molecule has 3 aliphatic carbocycles. The van der Waals surface area contributed by atoms with Crippen molar-refractivity contribution < 1.29 is 53.3 Å². The highest BCUT2D eigenvalue weighted by atomic mass is 16.9. The number of methoxy groups -OCH3 is 1. The van der Waals surface area contributed by atoms with Gasteiger partial charge < -0.3 is 43.7 Å². The average molecular weight is 633 g/mol. The summed E-state index contributed by atoms with van der Waals surface area (Å²) in [6.07, 6.45) is -2.68. The molecule has 3 saturated heterocycles. The van der Waals surface area contributed by atoms with Crippen molar-refractivity contribution >= 4 is 11.8 Å². The molecule has 3 aliphatic heterocycles. The van der Waals surface area contributed by atoms with Gasteiger partial charge in [-0.1, -0.05) is 49.9 Å². The van der Waals surface area contributed by atoms with E-state index in [1.165, 1.54) is 25.3 Å². The first-order valence-electron chi connectivity index (χ1n) is 15.4. The van der Waals surface area contributed by atoms with Crippen molar-refractivity contribution in [3.63, 3.8) is 0 Å². The fourth-order valence-corrected chi connectivity index (χ4v) is 9.24. The minimum Gasteiger partial charge on any atom is -0.504 e. The van der Waals surface area contributed by atoms with Crippen LogP contribution in [-0.2, 0) is 34.5 Å². The number of aliphatic hydroxyl groups excluding tert-OH is 1. The summed E-state index contributed by atoms with van der Waals surface area (Å²) in [6.45, 7) is 11.2. The number of fused-ring (bicyclic) bond motifs is 3. The molecule has 2 aromatic rings. The fraction of sp³-hybridized carbons (Fsp3) is 0.486. The van der Waals surface area contributed by atoms with Crippen molar-refractivity contribution in [1.29, 1.82) is 0 Å². The number of esters is 1. The van der Waals surface area contributed by atoms with E-state index in [0.29, 0.717) is 11.1 Å². The van der Waals surface area contributed by atoms with Crippen LogP contribution in [-0.4, -0.2) is 81.0 Å². The number of hydrogen-bond donors (Lipinski definition) is 3. The van der Waals surface area contributed by atoms with Gasteiger partial charge in [-0.2, -0.15) is 0 Å². The largest absolute Gasteiger partial charge is 0.504 e. The Hall–Kier alpha value is -3.58. The maximum atomic E-state index is 14.0. The molecule has 12 atom stereocenters. The number of ether oxygens (including phenoxy) is 6. The second kappa shape index (κ2) is 9.06. The van der Waals surface area contributed by atoms with Gasteiger partial charge >= 0.3 is 11.9 Å². The third kappa shape index (κ3) is 3.23. The molecule has 0 radical (unpaired) electrons. The van der Waals surface area contributed by atoms with E-state index in [0.717, 1.165) is 0 Å². The van der Waals surface area contributed by atoms with Crippen molar-refractivity contribution in [2.45, 2.75) is 80.5 Å². The van der Waals surface area contributed by atoms with Gasteiger partial charge in [-0.25, -0.2) is 4.79 Å². The van der Waals surface area contributed by atoms with E-state index in [-0.39, 0.29) is 22.6 Å². The Kier molecular flexibility index (Phi) is 5.87. The summed E-state index contributed by atoms with van der Waals surface area (Å²) in [5.41, 5.74) is -5.23. The van der Waals surface area contributed by atoms with E-state index < -0.39 is 82.3 Å². The van der Waals surface area contributed by atoms with Gasteiger partial charge in [0, 0.05) is 23.3 Å². The van der Waals surface area contributed by atoms with Crippen LogP contribution in [0.3, 0.4) is 0 Å². The molecule has 6 aliphatic rings. The van der Waals surface area contributed by atoms with E-state index >= 15 is 0 Å². The van der Waals surface area contributed by atoms with Gasteiger partial charge in [0.15, 0.2) is 28.5 Å². The Morgan fingerprint density at radius 3 is 2.46 bits per heavy atom. The number of ketones is 1. The number of Topliss-reactive ketones (excluding diaryl/α,β-unsaturated/α-hetero) is 1. The quantitative estimate of drug-likeness (QED) is 0.253. The number of aromatic hydroxyl groups is 1. The van der Waals surface area contributed by atoms with Crippen molar-refractivity contribution in [2.24, 2.45) is 17.8 Å². The van der Waals surface area contributed by atoms with Crippen LogP contribution in [0.4, 0.5) is 0 Å². The molecular weight excluding hydrogens is 596 g/mol. The third-order valence-corrected chi connectivity index (χ3v) is 11.5. The molecule has 12 unspecified atom stereocenters. The molecular formula is C35H36O11. The smallest absolute Gasteiger partial charge is 0.338 e. The van der Waals surface area contributed by atoms with E-state index in [2.05, 4.69) is 6.58 Å². The first-order valence-corrected chi connectivity index (χ1v) is 15.4. The van der Waals surface area contributed by atoms with Crippen molar-refractivity contribution in [3.05, 3.63) is 83.5 Å². The van der Waals surface area contributed by atoms with Crippen LogP contribution in [0.25, 0.3) is 0 Å². The average Bonchev–Trinajstić information content (AvgIpc) is 3.59. The number of carbonyl (C=O) groups excluding carboxylic acids is 2. The highest BCUT2D eigenvalue weighted by Crippen LogP contribution is 2.74. The zero-order valence-corrected chi connectivity index (χ0v) is 26.1. The lowest BCUT2D eigenvalue weighted by molar-refractivity contribution is -0.440. The molecule has 3 heterocycles. The first kappa shape index (κ1) is 29.8. The summed E-state index contributed by atoms with van der Waals surface area (Å²) >= 11 is 0. The standard InChI is InChI=1S/C35H36O11/c1-16(2)33-26(42-29(38)19-12-13-21(36)22(15-19)41-6)18(4)34-23-14-17(3)25(37)32(23,40)30(39)31(5)27(43-31)24(34)28(33)44-35(45-33,46-34)20-10-8-7-9-11-20/h7-15,18,23-24,26-28,30,36,39-40H,1H2,2-6H3. The van der Waals surface area contributed by atoms with Crippen LogP contribution in [0.15, 0.2) is 72.3 Å². The molecule has 2 aromatic carbocycles. The zero-order valence-electron chi connectivity index (χ0n) is 26.1. The van der Waals surface area contributed by atoms with Crippen molar-refractivity contribution in [2.75, 3.05) is 7.11 Å². The third-order valence-electron chi connectivity index (χ3n) is 11.5. The minimum absolute atomic E-state index is 0.0874. The predicted octanol–water partition coefficient (Wildman–Crippen LogP) is 2.91. The van der Waals surface area contributed by atoms with Crippen LogP contribution in [0.1, 0.15) is 43.6 Å². The van der Waals surface area contributed by atoms with Crippen LogP contribution < -0.4 is 4.74 Å². The van der Waals surface area contributed by atoms with Gasteiger partial charge in [-0.3, -0.25) is 4.79 Å². The molecule has 0 aromatic heterocycles. The van der Waals surface area contributed by atoms with Gasteiger partial charge in [0.2, 0.25) is 0 Å². The summed E-state index contributed by atoms with van der Waals surface area (Å²) < 4.78 is 38.8. The molecule has 3 N–H and O–H groups in total. The van der Waals surface area contributed by atoms with Gasteiger partial charge in [0.25, 0.3) is 0 Å². The van der Waals surface area contributed by atoms with Gasteiger partial charge in [0.1, 0.15) is 23.9 Å². The lowest BCUT2D eigenvalue weighted by Crippen LogP contribution is -2.76. The Morgan fingerprint density at radius 1 is 1.07 bits per heavy atom. The maximum absolute atomic E-state index is 14.0. The topological polar surface area (TPSA) is 154 Å². The van der Waals surface area contributed by atoms with E-state index in [4.69, 9.17) is 28.4 Å². The number of phenols is 1. The van der Waals surface area contributed by atoms with Gasteiger partial charge in [-0.15, -0.1) is 0 Å². The summed E-state index contributed by atoms with van der Waals surface area (Å²) in [5.74, 6) is -5.85. The molecule has 5 fully saturated rings. The van der Waals surface area contributed by atoms with E-state index in [9.17, 15) is 24.9 Å². The SMILES string of the molecule is C=C(C)C12OC3(c4ccccc4)OC1C1C4OC4(C)C(O)C4(O)C(=O)C(C)=CC4C1(O3)C(C)C2OC(=O)c1ccc(O)c(OC)c1. The number of epoxide rings is 1. The number of carbonyl (C=O) groups is 2. The summed E-state index contributed by atoms with van der Waals surface area (Å²) in [6, 6.07) is 13.2. The molecule has 2 saturated carbocycles. The maximum Gasteiger partial charge on any atom is 0.338 e. The number of benzene rings is 2. The van der Waals surface area contributed by atoms with Crippen molar-refractivity contribution in [3.8, 4) is 11.5 Å². The Morgan fingerprint density at radius 2 is 1.78 bits per heavy atom. The lowest BCUT2D eigenvalue weighted by atomic mass is 9.53. The fourth-order valence-electron chi connectivity index (χ4n) is 9.24. The van der Waals surface area contributed by atoms with Gasteiger partial charge in [0.05, 0.1) is 24.4 Å². The van der Waals surface area contributed by atoms with Crippen LogP contribution in [0, 0.1) is 17.8 Å². The highest BCUT2D eigenvalue weighted by Gasteiger charge is 2.90. The predicted molar refractivity (Wildman–Crippen MR) is 158 cm³/mol. The molecule has 11 heteroatoms. The van der Waals surface area contributed by atoms with E-state index in [1.807, 2.05) is 25.1 Å². The Bertz CT molecular complexity index is 1740. The summed E-state index contributed by atoms with van der Waals surface area (Å²) in [5, 5.41) is 34.4. The summed E-state index contributed by atoms with van der Waals surface area (Å²) in [7, 11) is 1.37. The van der Waals surface area contributed by atoms with E-state index in [1.54, 1.807) is 39.0 Å². The second-order valence-electron chi connectivity index (χ2n) is 13.7. The van der Waals surface area contributed by atoms with Gasteiger partial charge in [-0.05, 0) is 50.1 Å². The Balaban J connectivity index is 1.37. The minimum atomic E-state index is -2.31. The van der Waals surface area contributed by atoms with Crippen LogP contribution in [0.5, 0.6) is 11.5 Å². The first-order chi connectivity index (χ1) is 21.7. The zero-order chi connectivity index (χ0) is 32.8. The lowest BCUT2D eigenvalue weighted by Gasteiger charge is -2.61. The Labute approximate surface area is 265 Å². The number of rotatable bonds is 5. The second-order valence-corrected chi connectivity index (χ2v) is 13.7. The molecule has 0 spiro atoms. The number of aliphatic hydroxyl groups is 2. The highest BCUT2D eigenvalue weighted by molar-refractivity contribution is 6.05. The normalized spacial score (nSPS) is 46.0. The summed E-state index contributed by atoms with van der Waals surface area (Å²) in [4.78, 5) is 27.8. The van der Waals surface area contributed by atoms with Crippen molar-refractivity contribution in [1.82, 2.24) is 0 Å². The molecule has 8 rings (SSSR count). The molecule has 46 heavy (non-hydrogen) atoms. The molecule has 242 valence electrons. The molecule has 0 amide bonds. The number of phenolic OH excluding ortho intramolecular Hbond substituents is 1. The monoisotopic (exact) mass is 632 g/mol. The van der Waals surface area contributed by atoms with Crippen LogP contribution >= 0.6 is 0 Å². The van der Waals surface area contributed by atoms with Crippen LogP contribution in [0.2, 0.25) is 0 Å².